The summed E-state index contributed by atoms with van der Waals surface area (Å²) in [6.45, 7) is 13.9. The van der Waals surface area contributed by atoms with Crippen molar-refractivity contribution in [2.24, 2.45) is 0 Å². The van der Waals surface area contributed by atoms with Crippen molar-refractivity contribution in [3.63, 3.8) is 0 Å². The summed E-state index contributed by atoms with van der Waals surface area (Å²) in [5.74, 6) is 1.06. The number of rotatable bonds is 6. The molecule has 0 spiro atoms. The van der Waals surface area contributed by atoms with Crippen LogP contribution >= 0.6 is 11.7 Å². The first-order valence-electron chi connectivity index (χ1n) is 9.44. The smallest absolute Gasteiger partial charge is 0.410 e. The van der Waals surface area contributed by atoms with Crippen molar-refractivity contribution in [1.29, 1.82) is 0 Å². The molecule has 0 saturated carbocycles. The number of β-amino-alcohol motifs (C(OH)–C–C–N with tert-alkyl or cyclic N) is 1. The molecule has 1 aliphatic heterocycles. The van der Waals surface area contributed by atoms with Crippen LogP contribution in [0, 0.1) is 0 Å². The molecule has 0 radical (unpaired) electrons. The molecule has 2 heterocycles. The Bertz CT molecular complexity index is 635. The van der Waals surface area contributed by atoms with Gasteiger partial charge in [-0.25, -0.2) is 4.79 Å². The van der Waals surface area contributed by atoms with E-state index in [0.717, 1.165) is 24.8 Å². The molecule has 1 saturated heterocycles. The van der Waals surface area contributed by atoms with E-state index in [0.29, 0.717) is 24.9 Å². The molecule has 1 aliphatic rings. The normalized spacial score (nSPS) is 16.6. The first-order valence-corrected chi connectivity index (χ1v) is 10.2. The van der Waals surface area contributed by atoms with Gasteiger partial charge >= 0.3 is 6.09 Å². The molecule has 1 N–H and O–H groups in total. The molecule has 10 heteroatoms. The maximum Gasteiger partial charge on any atom is 0.410 e. The minimum atomic E-state index is -0.897. The van der Waals surface area contributed by atoms with Gasteiger partial charge < -0.3 is 29.1 Å². The van der Waals surface area contributed by atoms with Crippen molar-refractivity contribution in [2.45, 2.75) is 58.8 Å². The van der Waals surface area contributed by atoms with Gasteiger partial charge in [0.2, 0.25) is 5.82 Å². The van der Waals surface area contributed by atoms with Gasteiger partial charge in [-0.2, -0.15) is 4.37 Å². The lowest BCUT2D eigenvalue weighted by molar-refractivity contribution is -0.0133. The number of morpholine rings is 1. The van der Waals surface area contributed by atoms with E-state index in [4.69, 9.17) is 14.2 Å². The molecule has 0 unspecified atom stereocenters. The van der Waals surface area contributed by atoms with Crippen LogP contribution in [0.5, 0.6) is 5.88 Å². The molecular formula is C18H32N4O5S. The van der Waals surface area contributed by atoms with Crippen molar-refractivity contribution < 1.29 is 24.1 Å². The number of carbonyl (C=O) groups is 1. The molecule has 0 aromatic carbocycles. The number of amides is 1. The second kappa shape index (κ2) is 9.23. The molecule has 1 aromatic heterocycles. The van der Waals surface area contributed by atoms with Gasteiger partial charge in [0.15, 0.2) is 0 Å². The predicted molar refractivity (Wildman–Crippen MR) is 107 cm³/mol. The molecule has 160 valence electrons. The van der Waals surface area contributed by atoms with Gasteiger partial charge in [0, 0.05) is 18.6 Å². The first-order chi connectivity index (χ1) is 13.0. The second-order valence-electron chi connectivity index (χ2n) is 8.72. The van der Waals surface area contributed by atoms with Crippen LogP contribution in [0.25, 0.3) is 0 Å². The van der Waals surface area contributed by atoms with E-state index in [2.05, 4.69) is 13.6 Å². The topological polar surface area (TPSA) is 97.2 Å². The van der Waals surface area contributed by atoms with Crippen LogP contribution in [0.15, 0.2) is 0 Å². The highest BCUT2D eigenvalue weighted by Gasteiger charge is 2.32. The van der Waals surface area contributed by atoms with Crippen LogP contribution in [0.3, 0.4) is 0 Å². The van der Waals surface area contributed by atoms with E-state index in [1.807, 2.05) is 41.5 Å². The summed E-state index contributed by atoms with van der Waals surface area (Å²) in [4.78, 5) is 16.1. The molecule has 1 atom stereocenters. The van der Waals surface area contributed by atoms with Crippen molar-refractivity contribution in [1.82, 2.24) is 13.6 Å². The number of ether oxygens (including phenoxy) is 3. The number of aliphatic hydroxyl groups excluding tert-OH is 1. The summed E-state index contributed by atoms with van der Waals surface area (Å²) in [5, 5.41) is 10.5. The van der Waals surface area contributed by atoms with Gasteiger partial charge in [-0.05, 0) is 41.5 Å². The van der Waals surface area contributed by atoms with Gasteiger partial charge in [-0.15, -0.1) is 4.37 Å². The fraction of sp³-hybridized carbons (Fsp3) is 0.833. The van der Waals surface area contributed by atoms with Gasteiger partial charge in [0.1, 0.15) is 18.3 Å². The number of carbonyl (C=O) groups excluding carboxylic acids is 1. The van der Waals surface area contributed by atoms with Crippen LogP contribution in [0.4, 0.5) is 10.6 Å². The van der Waals surface area contributed by atoms with Gasteiger partial charge in [-0.3, -0.25) is 0 Å². The largest absolute Gasteiger partial charge is 0.472 e. The molecule has 1 fully saturated rings. The highest BCUT2D eigenvalue weighted by atomic mass is 32.1. The third-order valence-electron chi connectivity index (χ3n) is 3.98. The lowest BCUT2D eigenvalue weighted by Gasteiger charge is -2.37. The Balaban J connectivity index is 1.95. The maximum absolute atomic E-state index is 12.5. The number of hydrogen-bond donors (Lipinski definition) is 1. The number of anilines is 1. The SMILES string of the molecule is CC(C)(C)OC(=O)N(C[C@@H](O)COc1nsnc1N1CCOCC1)C(C)(C)C. The molecule has 2 rings (SSSR count). The summed E-state index contributed by atoms with van der Waals surface area (Å²) in [5.41, 5.74) is -1.12. The summed E-state index contributed by atoms with van der Waals surface area (Å²) in [7, 11) is 0. The summed E-state index contributed by atoms with van der Waals surface area (Å²) >= 11 is 1.07. The standard InChI is InChI=1S/C18H32N4O5S/c1-17(2,3)22(16(24)27-18(4,5)6)11-13(23)12-26-15-14(19-28-20-15)21-7-9-25-10-8-21/h13,23H,7-12H2,1-6H3/t13-/m1/s1. The van der Waals surface area contributed by atoms with Crippen molar-refractivity contribution in [3.05, 3.63) is 0 Å². The van der Waals surface area contributed by atoms with Gasteiger partial charge in [0.25, 0.3) is 5.88 Å². The predicted octanol–water partition coefficient (Wildman–Crippen LogP) is 2.15. The monoisotopic (exact) mass is 416 g/mol. The number of hydrogen-bond acceptors (Lipinski definition) is 9. The van der Waals surface area contributed by atoms with E-state index in [-0.39, 0.29) is 13.2 Å². The molecule has 1 amide bonds. The number of aromatic nitrogens is 2. The first kappa shape index (κ1) is 22.6. The van der Waals surface area contributed by atoms with Crippen LogP contribution in [-0.4, -0.2) is 81.5 Å². The van der Waals surface area contributed by atoms with Crippen molar-refractivity contribution in [2.75, 3.05) is 44.4 Å². The van der Waals surface area contributed by atoms with E-state index in [1.54, 1.807) is 0 Å². The van der Waals surface area contributed by atoms with Crippen LogP contribution in [-0.2, 0) is 9.47 Å². The summed E-state index contributed by atoms with van der Waals surface area (Å²) in [6, 6.07) is 0. The Hall–Kier alpha value is -1.65. The molecule has 0 aliphatic carbocycles. The zero-order valence-corrected chi connectivity index (χ0v) is 18.4. The van der Waals surface area contributed by atoms with Gasteiger partial charge in [0.05, 0.1) is 31.5 Å². The van der Waals surface area contributed by atoms with Crippen LogP contribution in [0.2, 0.25) is 0 Å². The molecular weight excluding hydrogens is 384 g/mol. The minimum Gasteiger partial charge on any atom is -0.472 e. The summed E-state index contributed by atoms with van der Waals surface area (Å²) < 4.78 is 25.0. The maximum atomic E-state index is 12.5. The Labute approximate surface area is 170 Å². The average molecular weight is 417 g/mol. The lowest BCUT2D eigenvalue weighted by atomic mass is 10.1. The Morgan fingerprint density at radius 3 is 2.46 bits per heavy atom. The van der Waals surface area contributed by atoms with E-state index >= 15 is 0 Å². The Morgan fingerprint density at radius 2 is 1.89 bits per heavy atom. The molecule has 1 aromatic rings. The zero-order valence-electron chi connectivity index (χ0n) is 17.6. The van der Waals surface area contributed by atoms with Crippen molar-refractivity contribution in [3.8, 4) is 5.88 Å². The fourth-order valence-electron chi connectivity index (χ4n) is 2.61. The zero-order chi connectivity index (χ0) is 20.9. The lowest BCUT2D eigenvalue weighted by Crippen LogP contribution is -2.51. The highest BCUT2D eigenvalue weighted by Crippen LogP contribution is 2.26. The second-order valence-corrected chi connectivity index (χ2v) is 9.25. The summed E-state index contributed by atoms with van der Waals surface area (Å²) in [6.07, 6.45) is -1.37. The van der Waals surface area contributed by atoms with Crippen LogP contribution in [0.1, 0.15) is 41.5 Å². The third-order valence-corrected chi connectivity index (χ3v) is 4.48. The minimum absolute atomic E-state index is 0.00185. The van der Waals surface area contributed by atoms with E-state index < -0.39 is 23.3 Å². The molecule has 0 bridgehead atoms. The quantitative estimate of drug-likeness (QED) is 0.753. The van der Waals surface area contributed by atoms with Gasteiger partial charge in [-0.1, -0.05) is 0 Å². The third kappa shape index (κ3) is 6.75. The van der Waals surface area contributed by atoms with Crippen molar-refractivity contribution >= 4 is 23.6 Å². The van der Waals surface area contributed by atoms with E-state index in [1.165, 1.54) is 4.90 Å². The number of aliphatic hydroxyl groups is 1. The highest BCUT2D eigenvalue weighted by molar-refractivity contribution is 6.99. The molecule has 9 nitrogen and oxygen atoms in total. The Kier molecular flexibility index (Phi) is 7.46. The number of nitrogens with zero attached hydrogens (tertiary/aromatic N) is 4. The molecule has 28 heavy (non-hydrogen) atoms. The average Bonchev–Trinajstić information content (AvgIpc) is 3.04. The van der Waals surface area contributed by atoms with Crippen LogP contribution < -0.4 is 9.64 Å². The fourth-order valence-corrected chi connectivity index (χ4v) is 3.13. The Morgan fingerprint density at radius 1 is 1.25 bits per heavy atom. The van der Waals surface area contributed by atoms with E-state index in [9.17, 15) is 9.90 Å².